The molecule has 5 heterocycles. The first-order chi connectivity index (χ1) is 24.2. The molecule has 9 nitrogen and oxygen atoms in total. The summed E-state index contributed by atoms with van der Waals surface area (Å²) in [6, 6.07) is 3.24. The van der Waals surface area contributed by atoms with Crippen LogP contribution in [0.4, 0.5) is 37.2 Å². The maximum absolute atomic E-state index is 17.1. The number of fused-ring (bicyclic) bond motifs is 3. The number of aromatic nitrogens is 2. The van der Waals surface area contributed by atoms with Gasteiger partial charge in [0.2, 0.25) is 5.91 Å². The average molecular weight is 730 g/mol. The summed E-state index contributed by atoms with van der Waals surface area (Å²) in [5, 5.41) is 9.17. The molecule has 3 aliphatic heterocycles. The Bertz CT molecular complexity index is 2130. The molecular weight excluding hydrogens is 696 g/mol. The van der Waals surface area contributed by atoms with E-state index in [4.69, 9.17) is 10.5 Å². The van der Waals surface area contributed by atoms with Crippen molar-refractivity contribution in [3.63, 3.8) is 0 Å². The number of carbonyl (C=O) groups is 1. The molecule has 0 bridgehead atoms. The fourth-order valence-corrected chi connectivity index (χ4v) is 9.14. The highest BCUT2D eigenvalue weighted by Crippen LogP contribution is 2.48. The highest BCUT2D eigenvalue weighted by molar-refractivity contribution is 7.23. The van der Waals surface area contributed by atoms with Gasteiger partial charge in [-0.3, -0.25) is 9.69 Å². The van der Waals surface area contributed by atoms with Crippen LogP contribution in [0, 0.1) is 23.0 Å². The number of likely N-dealkylation sites (N-methyl/N-ethyl adjacent to an activating group) is 1. The predicted molar refractivity (Wildman–Crippen MR) is 181 cm³/mol. The van der Waals surface area contributed by atoms with Gasteiger partial charge < -0.3 is 20.3 Å². The largest absolute Gasteiger partial charge is 0.461 e. The second-order valence-corrected chi connectivity index (χ2v) is 14.4. The van der Waals surface area contributed by atoms with E-state index < -0.39 is 58.2 Å². The summed E-state index contributed by atoms with van der Waals surface area (Å²) in [7, 11) is 1.59. The van der Waals surface area contributed by atoms with Crippen LogP contribution in [0.25, 0.3) is 32.1 Å². The van der Waals surface area contributed by atoms with E-state index in [1.54, 1.807) is 23.8 Å². The van der Waals surface area contributed by atoms with E-state index in [9.17, 15) is 18.8 Å². The number of halogens is 6. The van der Waals surface area contributed by atoms with Gasteiger partial charge in [-0.1, -0.05) is 12.6 Å². The third-order valence-corrected chi connectivity index (χ3v) is 11.7. The molecule has 0 radical (unpaired) electrons. The zero-order valence-electron chi connectivity index (χ0n) is 27.7. The van der Waals surface area contributed by atoms with Gasteiger partial charge in [-0.2, -0.15) is 28.4 Å². The molecule has 0 saturated carbocycles. The summed E-state index contributed by atoms with van der Waals surface area (Å²) >= 11 is 0.674. The number of nitriles is 1. The molecule has 7 rings (SSSR count). The minimum Gasteiger partial charge on any atom is -0.461 e. The van der Waals surface area contributed by atoms with Gasteiger partial charge in [0, 0.05) is 48.9 Å². The SMILES string of the molecule is C=CC(=O)N1CC[C@H](N(C)c2nc(OC[C@@]34CCCN3C[C@H](F)C4)nc3c(F)c(-c4ccc(F)c5sc(N)c(C#N)c45)c(C(F)(F)F)cc23)[C@@H]1C. The molecule has 2 aromatic carbocycles. The Labute approximate surface area is 292 Å². The van der Waals surface area contributed by atoms with E-state index in [0.717, 1.165) is 24.6 Å². The predicted octanol–water partition coefficient (Wildman–Crippen LogP) is 6.83. The standard InChI is InChI=1S/C35H33F6N7O2S/c1-4-25(49)48-11-8-24(17(48)2)46(3)32-20-12-22(35(39,40)41)27(19-6-7-23(37)30-26(19)21(14-42)31(43)51-30)28(38)29(20)44-33(45-32)50-16-34-9-5-10-47(34)15-18(36)13-34/h4,6-7,12,17-18,24H,1,5,8-11,13,15-16,43H2,2-3H3/t17-,18+,24-,34-/m0/s1. The van der Waals surface area contributed by atoms with Crippen molar-refractivity contribution in [1.82, 2.24) is 19.8 Å². The Hall–Kier alpha value is -4.62. The number of rotatable bonds is 7. The van der Waals surface area contributed by atoms with E-state index in [-0.39, 0.29) is 68.9 Å². The minimum absolute atomic E-state index is 0.0308. The van der Waals surface area contributed by atoms with Gasteiger partial charge in [-0.15, -0.1) is 11.3 Å². The Balaban J connectivity index is 1.45. The number of benzene rings is 2. The summed E-state index contributed by atoms with van der Waals surface area (Å²) in [6.45, 7) is 6.57. The van der Waals surface area contributed by atoms with Gasteiger partial charge in [0.1, 0.15) is 41.0 Å². The molecule has 2 N–H and O–H groups in total. The molecule has 4 atom stereocenters. The van der Waals surface area contributed by atoms with E-state index in [1.807, 2.05) is 11.0 Å². The monoisotopic (exact) mass is 729 g/mol. The normalized spacial score (nSPS) is 23.6. The molecule has 3 fully saturated rings. The summed E-state index contributed by atoms with van der Waals surface area (Å²) < 4.78 is 97.6. The fourth-order valence-electron chi connectivity index (χ4n) is 8.19. The van der Waals surface area contributed by atoms with Crippen molar-refractivity contribution in [2.45, 2.75) is 62.6 Å². The molecule has 1 amide bonds. The number of alkyl halides is 4. The average Bonchev–Trinajstić information content (AvgIpc) is 3.83. The van der Waals surface area contributed by atoms with Gasteiger partial charge in [0.05, 0.1) is 27.4 Å². The number of nitrogen functional groups attached to an aromatic ring is 1. The Kier molecular flexibility index (Phi) is 8.57. The zero-order valence-corrected chi connectivity index (χ0v) is 28.5. The number of nitrogens with two attached hydrogens (primary N) is 1. The quantitative estimate of drug-likeness (QED) is 0.163. The van der Waals surface area contributed by atoms with Gasteiger partial charge in [0.15, 0.2) is 5.82 Å². The molecule has 0 unspecified atom stereocenters. The number of carbonyl (C=O) groups excluding carboxylic acids is 1. The lowest BCUT2D eigenvalue weighted by atomic mass is 9.92. The Morgan fingerprint density at radius 2 is 2.06 bits per heavy atom. The number of anilines is 2. The van der Waals surface area contributed by atoms with Crippen molar-refractivity contribution >= 4 is 49.1 Å². The maximum atomic E-state index is 17.1. The summed E-state index contributed by atoms with van der Waals surface area (Å²) in [5.74, 6) is -2.62. The van der Waals surface area contributed by atoms with Crippen LogP contribution >= 0.6 is 11.3 Å². The minimum atomic E-state index is -5.13. The van der Waals surface area contributed by atoms with Crippen LogP contribution < -0.4 is 15.4 Å². The highest BCUT2D eigenvalue weighted by atomic mass is 32.1. The summed E-state index contributed by atoms with van der Waals surface area (Å²) in [5.41, 5.74) is 1.81. The molecule has 51 heavy (non-hydrogen) atoms. The van der Waals surface area contributed by atoms with E-state index >= 15 is 17.6 Å². The van der Waals surface area contributed by atoms with Gasteiger partial charge in [0.25, 0.3) is 0 Å². The lowest BCUT2D eigenvalue weighted by Gasteiger charge is -2.33. The molecule has 3 aliphatic rings. The van der Waals surface area contributed by atoms with Gasteiger partial charge in [-0.05, 0) is 56.5 Å². The zero-order chi connectivity index (χ0) is 36.6. The van der Waals surface area contributed by atoms with Crippen molar-refractivity contribution in [2.24, 2.45) is 0 Å². The van der Waals surface area contributed by atoms with Crippen molar-refractivity contribution in [3.8, 4) is 23.2 Å². The smallest absolute Gasteiger partial charge is 0.417 e. The number of thiophene rings is 1. The topological polar surface area (TPSA) is 112 Å². The third kappa shape index (κ3) is 5.61. The molecule has 0 aliphatic carbocycles. The Morgan fingerprint density at radius 3 is 2.76 bits per heavy atom. The van der Waals surface area contributed by atoms with E-state index in [1.165, 1.54) is 6.08 Å². The molecule has 16 heteroatoms. The third-order valence-electron chi connectivity index (χ3n) is 10.6. The van der Waals surface area contributed by atoms with E-state index in [0.29, 0.717) is 37.3 Å². The molecule has 268 valence electrons. The number of ether oxygens (including phenoxy) is 1. The van der Waals surface area contributed by atoms with Crippen molar-refractivity contribution in [2.75, 3.05) is 43.9 Å². The maximum Gasteiger partial charge on any atom is 0.417 e. The van der Waals surface area contributed by atoms with Crippen molar-refractivity contribution in [3.05, 3.63) is 53.6 Å². The highest BCUT2D eigenvalue weighted by Gasteiger charge is 2.49. The van der Waals surface area contributed by atoms with Crippen molar-refractivity contribution in [1.29, 1.82) is 5.26 Å². The first-order valence-corrected chi connectivity index (χ1v) is 17.2. The second kappa shape index (κ2) is 12.6. The van der Waals surface area contributed by atoms with Crippen LogP contribution in [0.1, 0.15) is 43.7 Å². The lowest BCUT2D eigenvalue weighted by Crippen LogP contribution is -2.44. The number of nitrogens with zero attached hydrogens (tertiary/aromatic N) is 6. The van der Waals surface area contributed by atoms with Crippen LogP contribution in [-0.4, -0.2) is 82.8 Å². The lowest BCUT2D eigenvalue weighted by molar-refractivity contribution is -0.137. The molecule has 2 aromatic heterocycles. The first kappa shape index (κ1) is 34.8. The number of amides is 1. The molecular formula is C35H33F6N7O2S. The van der Waals surface area contributed by atoms with Gasteiger partial charge in [-0.25, -0.2) is 13.2 Å². The van der Waals surface area contributed by atoms with E-state index in [2.05, 4.69) is 16.5 Å². The molecule has 4 aromatic rings. The fraction of sp³-hybridized carbons (Fsp3) is 0.429. The Morgan fingerprint density at radius 1 is 1.29 bits per heavy atom. The number of hydrogen-bond donors (Lipinski definition) is 1. The van der Waals surface area contributed by atoms with Gasteiger partial charge >= 0.3 is 12.2 Å². The van der Waals surface area contributed by atoms with Crippen LogP contribution in [0.15, 0.2) is 30.9 Å². The molecule has 3 saturated heterocycles. The summed E-state index contributed by atoms with van der Waals surface area (Å²) in [6.07, 6.45) is -2.89. The van der Waals surface area contributed by atoms with Crippen LogP contribution in [0.3, 0.4) is 0 Å². The van der Waals surface area contributed by atoms with Crippen molar-refractivity contribution < 1.29 is 35.9 Å². The first-order valence-electron chi connectivity index (χ1n) is 16.4. The second-order valence-electron chi connectivity index (χ2n) is 13.4. The van der Waals surface area contributed by atoms with Crippen LogP contribution in [0.5, 0.6) is 6.01 Å². The number of likely N-dealkylation sites (tertiary alicyclic amines) is 1. The summed E-state index contributed by atoms with van der Waals surface area (Å²) in [4.78, 5) is 26.6. The molecule has 0 spiro atoms. The van der Waals surface area contributed by atoms with Crippen LogP contribution in [0.2, 0.25) is 0 Å². The number of hydrogen-bond acceptors (Lipinski definition) is 9. The van der Waals surface area contributed by atoms with Crippen LogP contribution in [-0.2, 0) is 11.0 Å².